The van der Waals surface area contributed by atoms with Gasteiger partial charge in [0.1, 0.15) is 10.7 Å². The fourth-order valence-corrected chi connectivity index (χ4v) is 3.36. The first-order chi connectivity index (χ1) is 12.5. The van der Waals surface area contributed by atoms with Gasteiger partial charge < -0.3 is 21.3 Å². The molecule has 138 valence electrons. The number of pyridine rings is 1. The maximum absolute atomic E-state index is 14.0. The molecule has 2 heterocycles. The first-order valence-electron chi connectivity index (χ1n) is 7.58. The zero-order valence-corrected chi connectivity index (χ0v) is 16.0. The number of carbonyl (C=O) groups excluding carboxylic acids is 1. The lowest BCUT2D eigenvalue weighted by molar-refractivity contribution is 0.100. The van der Waals surface area contributed by atoms with E-state index in [1.54, 1.807) is 30.6 Å². The van der Waals surface area contributed by atoms with Crippen LogP contribution in [0.15, 0.2) is 41.1 Å². The Balaban J connectivity index is 0.000000431. The van der Waals surface area contributed by atoms with Crippen molar-refractivity contribution in [2.45, 2.75) is 6.42 Å². The van der Waals surface area contributed by atoms with Crippen molar-refractivity contribution in [2.75, 3.05) is 18.5 Å². The number of aliphatic hydroxyl groups is 2. The molecule has 1 amide bonds. The van der Waals surface area contributed by atoms with E-state index in [9.17, 15) is 9.18 Å². The number of aliphatic hydroxyl groups excluding tert-OH is 2. The van der Waals surface area contributed by atoms with Crippen molar-refractivity contribution < 1.29 is 19.4 Å². The van der Waals surface area contributed by atoms with Crippen molar-refractivity contribution in [2.24, 2.45) is 5.73 Å². The summed E-state index contributed by atoms with van der Waals surface area (Å²) in [5.74, 6) is -0.982. The minimum Gasteiger partial charge on any atom is -0.396 e. The Hall–Kier alpha value is -2.07. The highest BCUT2D eigenvalue weighted by Gasteiger charge is 2.17. The number of fused-ring (bicyclic) bond motifs is 1. The summed E-state index contributed by atoms with van der Waals surface area (Å²) < 4.78 is 15.4. The van der Waals surface area contributed by atoms with Crippen molar-refractivity contribution in [1.29, 1.82) is 0 Å². The Bertz CT molecular complexity index is 902. The predicted octanol–water partition coefficient (Wildman–Crippen LogP) is 3.40. The van der Waals surface area contributed by atoms with Crippen molar-refractivity contribution in [3.05, 3.63) is 51.8 Å². The third-order valence-corrected chi connectivity index (χ3v) is 4.87. The maximum Gasteiger partial charge on any atom is 0.260 e. The molecule has 6 nitrogen and oxygen atoms in total. The zero-order valence-electron chi connectivity index (χ0n) is 13.6. The number of primary amides is 1. The monoisotopic (exact) mass is 441 g/mol. The molecule has 0 aliphatic carbocycles. The fourth-order valence-electron chi connectivity index (χ4n) is 2.04. The van der Waals surface area contributed by atoms with E-state index in [0.717, 1.165) is 10.1 Å². The summed E-state index contributed by atoms with van der Waals surface area (Å²) in [6, 6.07) is 6.42. The second-order valence-corrected chi connectivity index (χ2v) is 7.06. The number of nitrogens with zero attached hydrogens (tertiary/aromatic N) is 1. The molecule has 9 heteroatoms. The molecular weight excluding hydrogens is 425 g/mol. The van der Waals surface area contributed by atoms with Crippen LogP contribution in [0.5, 0.6) is 0 Å². The zero-order chi connectivity index (χ0) is 19.1. The number of amides is 1. The van der Waals surface area contributed by atoms with Gasteiger partial charge in [-0.15, -0.1) is 11.3 Å². The summed E-state index contributed by atoms with van der Waals surface area (Å²) >= 11 is 4.43. The van der Waals surface area contributed by atoms with Gasteiger partial charge >= 0.3 is 0 Å². The molecule has 0 unspecified atom stereocenters. The fraction of sp³-hybridized carbons (Fsp3) is 0.176. The molecule has 0 saturated heterocycles. The van der Waals surface area contributed by atoms with Crippen LogP contribution in [0.3, 0.4) is 0 Å². The largest absolute Gasteiger partial charge is 0.396 e. The number of aromatic nitrogens is 1. The molecule has 0 saturated carbocycles. The number of carbonyl (C=O) groups is 1. The minimum atomic E-state index is -0.559. The van der Waals surface area contributed by atoms with Gasteiger partial charge in [-0.05, 0) is 30.7 Å². The van der Waals surface area contributed by atoms with E-state index in [2.05, 4.69) is 26.2 Å². The van der Waals surface area contributed by atoms with Crippen molar-refractivity contribution >= 4 is 54.6 Å². The number of benzene rings is 1. The average Bonchev–Trinajstić information content (AvgIpc) is 2.98. The lowest BCUT2D eigenvalue weighted by atomic mass is 10.2. The van der Waals surface area contributed by atoms with Gasteiger partial charge in [-0.2, -0.15) is 0 Å². The van der Waals surface area contributed by atoms with Gasteiger partial charge in [-0.25, -0.2) is 4.39 Å². The van der Waals surface area contributed by atoms with E-state index in [-0.39, 0.29) is 18.9 Å². The van der Waals surface area contributed by atoms with Crippen LogP contribution in [0.25, 0.3) is 10.1 Å². The number of hydrogen-bond donors (Lipinski definition) is 4. The quantitative estimate of drug-likeness (QED) is 0.485. The molecule has 26 heavy (non-hydrogen) atoms. The smallest absolute Gasteiger partial charge is 0.260 e. The Morgan fingerprint density at radius 1 is 1.31 bits per heavy atom. The molecular formula is C17H17BrFN3O3S. The molecule has 0 aliphatic rings. The van der Waals surface area contributed by atoms with E-state index in [4.69, 9.17) is 15.9 Å². The predicted molar refractivity (Wildman–Crippen MR) is 104 cm³/mol. The molecule has 0 atom stereocenters. The van der Waals surface area contributed by atoms with Crippen molar-refractivity contribution in [3.63, 3.8) is 0 Å². The molecule has 0 aliphatic heterocycles. The number of nitrogens with one attached hydrogen (secondary N) is 1. The lowest BCUT2D eigenvalue weighted by Crippen LogP contribution is -2.11. The lowest BCUT2D eigenvalue weighted by Gasteiger charge is -2.08. The Morgan fingerprint density at radius 2 is 2.04 bits per heavy atom. The highest BCUT2D eigenvalue weighted by molar-refractivity contribution is 9.10. The maximum atomic E-state index is 14.0. The number of thiophene rings is 1. The summed E-state index contributed by atoms with van der Waals surface area (Å²) in [6.45, 7) is 0.188. The van der Waals surface area contributed by atoms with Gasteiger partial charge in [0.05, 0.1) is 16.1 Å². The number of anilines is 2. The van der Waals surface area contributed by atoms with Crippen LogP contribution >= 0.6 is 27.3 Å². The van der Waals surface area contributed by atoms with Crippen LogP contribution in [0.1, 0.15) is 16.1 Å². The molecule has 0 bridgehead atoms. The first-order valence-corrected chi connectivity index (χ1v) is 9.19. The minimum absolute atomic E-state index is 0.0938. The average molecular weight is 442 g/mol. The molecule has 5 N–H and O–H groups in total. The summed E-state index contributed by atoms with van der Waals surface area (Å²) in [5, 5.41) is 19.6. The molecule has 2 aromatic heterocycles. The van der Waals surface area contributed by atoms with Crippen LogP contribution in [0.2, 0.25) is 0 Å². The normalized spacial score (nSPS) is 10.3. The third-order valence-electron chi connectivity index (χ3n) is 3.22. The molecule has 1 aromatic carbocycles. The summed E-state index contributed by atoms with van der Waals surface area (Å²) in [4.78, 5) is 16.0. The van der Waals surface area contributed by atoms with Crippen LogP contribution in [0.4, 0.5) is 15.8 Å². The van der Waals surface area contributed by atoms with Gasteiger partial charge in [0, 0.05) is 35.5 Å². The Labute approximate surface area is 161 Å². The van der Waals surface area contributed by atoms with Gasteiger partial charge in [0.15, 0.2) is 0 Å². The molecule has 0 fully saturated rings. The number of hydrogen-bond acceptors (Lipinski definition) is 6. The SMILES string of the molecule is NC(=O)c1sc2cnccc2c1Nc1ccc(Br)cc1F.OCCCO. The van der Waals surface area contributed by atoms with Crippen LogP contribution in [0, 0.1) is 5.82 Å². The van der Waals surface area contributed by atoms with Crippen LogP contribution in [-0.2, 0) is 0 Å². The molecule has 3 aromatic rings. The van der Waals surface area contributed by atoms with E-state index < -0.39 is 11.7 Å². The highest BCUT2D eigenvalue weighted by Crippen LogP contribution is 2.37. The standard InChI is InChI=1S/C14H9BrFN3OS.C3H8O2/c15-7-1-2-10(9(16)5-7)19-12-8-3-4-18-6-11(8)21-13(12)14(17)20;4-2-1-3-5/h1-6,19H,(H2,17,20);4-5H,1-3H2. The van der Waals surface area contributed by atoms with Gasteiger partial charge in [-0.1, -0.05) is 15.9 Å². The van der Waals surface area contributed by atoms with Gasteiger partial charge in [0.2, 0.25) is 0 Å². The van der Waals surface area contributed by atoms with Gasteiger partial charge in [-0.3, -0.25) is 9.78 Å². The third kappa shape index (κ3) is 4.98. The number of rotatable bonds is 5. The highest BCUT2D eigenvalue weighted by atomic mass is 79.9. The second kappa shape index (κ2) is 9.58. The Morgan fingerprint density at radius 3 is 2.62 bits per heavy atom. The number of nitrogens with two attached hydrogens (primary N) is 1. The molecule has 0 radical (unpaired) electrons. The summed E-state index contributed by atoms with van der Waals surface area (Å²) in [7, 11) is 0. The first kappa shape index (κ1) is 20.2. The Kier molecular flexibility index (Phi) is 7.46. The summed E-state index contributed by atoms with van der Waals surface area (Å²) in [6.07, 6.45) is 3.76. The number of halogens is 2. The van der Waals surface area contributed by atoms with Crippen LogP contribution < -0.4 is 11.1 Å². The van der Waals surface area contributed by atoms with Gasteiger partial charge in [0.25, 0.3) is 5.91 Å². The molecule has 3 rings (SSSR count). The van der Waals surface area contributed by atoms with E-state index in [1.807, 2.05) is 0 Å². The van der Waals surface area contributed by atoms with Crippen molar-refractivity contribution in [1.82, 2.24) is 4.98 Å². The second-order valence-electron chi connectivity index (χ2n) is 5.09. The summed E-state index contributed by atoms with van der Waals surface area (Å²) in [5.41, 5.74) is 6.18. The van der Waals surface area contributed by atoms with E-state index in [1.165, 1.54) is 17.4 Å². The van der Waals surface area contributed by atoms with Crippen molar-refractivity contribution in [3.8, 4) is 0 Å². The topological polar surface area (TPSA) is 108 Å². The van der Waals surface area contributed by atoms with E-state index in [0.29, 0.717) is 21.5 Å². The van der Waals surface area contributed by atoms with Crippen LogP contribution in [-0.4, -0.2) is 34.3 Å². The van der Waals surface area contributed by atoms with E-state index >= 15 is 0 Å². The molecule has 0 spiro atoms.